The number of nitrogens with zero attached hydrogens (tertiary/aromatic N) is 4. The van der Waals surface area contributed by atoms with Crippen LogP contribution in [0.5, 0.6) is 0 Å². The maximum atomic E-state index is 6.55. The van der Waals surface area contributed by atoms with E-state index >= 15 is 0 Å². The van der Waals surface area contributed by atoms with Crippen LogP contribution < -0.4 is 0 Å². The average molecular weight is 705 g/mol. The summed E-state index contributed by atoms with van der Waals surface area (Å²) in [5.41, 5.74) is 9.04. The largest absolute Gasteiger partial charge is 0.456 e. The Kier molecular flexibility index (Phi) is 6.24. The fourth-order valence-corrected chi connectivity index (χ4v) is 8.33. The lowest BCUT2D eigenvalue weighted by Gasteiger charge is -2.10. The quantitative estimate of drug-likeness (QED) is 0.182. The molecule has 0 bridgehead atoms. The molecule has 0 saturated carbocycles. The number of fused-ring (bicyclic) bond motifs is 10. The number of para-hydroxylation sites is 3. The van der Waals surface area contributed by atoms with E-state index in [0.717, 1.165) is 77.3 Å². The predicted molar refractivity (Wildman–Crippen MR) is 223 cm³/mol. The summed E-state index contributed by atoms with van der Waals surface area (Å²) in [7, 11) is 0. The molecule has 256 valence electrons. The van der Waals surface area contributed by atoms with Gasteiger partial charge in [0, 0.05) is 49.1 Å². The molecule has 6 nitrogen and oxygen atoms in total. The summed E-state index contributed by atoms with van der Waals surface area (Å²) in [6.45, 7) is 0. The first-order valence-electron chi connectivity index (χ1n) is 18.4. The van der Waals surface area contributed by atoms with E-state index in [1.54, 1.807) is 0 Å². The number of rotatable bonds is 4. The Morgan fingerprint density at radius 2 is 1.04 bits per heavy atom. The van der Waals surface area contributed by atoms with Gasteiger partial charge in [0.15, 0.2) is 17.5 Å². The van der Waals surface area contributed by atoms with Gasteiger partial charge in [-0.15, -0.1) is 0 Å². The van der Waals surface area contributed by atoms with Gasteiger partial charge in [-0.1, -0.05) is 115 Å². The van der Waals surface area contributed by atoms with Crippen LogP contribution in [0.25, 0.3) is 116 Å². The van der Waals surface area contributed by atoms with Crippen LogP contribution in [0.4, 0.5) is 0 Å². The van der Waals surface area contributed by atoms with Gasteiger partial charge < -0.3 is 13.4 Å². The molecule has 0 aliphatic carbocycles. The summed E-state index contributed by atoms with van der Waals surface area (Å²) in [6.07, 6.45) is 0. The molecule has 0 N–H and O–H groups in total. The Bertz CT molecular complexity index is 3500. The molecular formula is C49H28N4O2. The summed E-state index contributed by atoms with van der Waals surface area (Å²) in [6, 6.07) is 58.6. The third-order valence-electron chi connectivity index (χ3n) is 10.8. The zero-order chi connectivity index (χ0) is 36.0. The Labute approximate surface area is 313 Å². The summed E-state index contributed by atoms with van der Waals surface area (Å²) < 4.78 is 15.4. The lowest BCUT2D eigenvalue weighted by Crippen LogP contribution is -2.00. The monoisotopic (exact) mass is 704 g/mol. The Balaban J connectivity index is 1.11. The zero-order valence-corrected chi connectivity index (χ0v) is 29.3. The molecule has 0 unspecified atom stereocenters. The summed E-state index contributed by atoms with van der Waals surface area (Å²) in [5.74, 6) is 1.67. The Hall–Kier alpha value is -7.57. The molecule has 0 saturated heterocycles. The molecule has 0 radical (unpaired) electrons. The van der Waals surface area contributed by atoms with Gasteiger partial charge in [-0.3, -0.25) is 0 Å². The summed E-state index contributed by atoms with van der Waals surface area (Å²) >= 11 is 0. The topological polar surface area (TPSA) is 69.9 Å². The molecule has 0 amide bonds. The number of aromatic nitrogens is 4. The molecular weight excluding hydrogens is 677 g/mol. The van der Waals surface area contributed by atoms with E-state index in [9.17, 15) is 0 Å². The minimum Gasteiger partial charge on any atom is -0.456 e. The molecule has 8 aromatic carbocycles. The van der Waals surface area contributed by atoms with E-state index in [-0.39, 0.29) is 0 Å². The summed E-state index contributed by atoms with van der Waals surface area (Å²) in [5, 5.41) is 8.87. The van der Waals surface area contributed by atoms with Crippen LogP contribution in [0.3, 0.4) is 0 Å². The van der Waals surface area contributed by atoms with E-state index in [0.29, 0.717) is 17.5 Å². The molecule has 12 aromatic rings. The standard InChI is InChI=1S/C49H28N4O2/c1-2-12-29(13-3-1)47-50-48(52-49(51-47)37-20-10-18-35-34-17-7-9-22-42(34)55-46(35)37)36-19-11-23-44-45(36)39-28-32(24-25-43(39)54-44)53-40-21-8-6-16-33(40)38-26-30-14-4-5-15-31(30)27-41(38)53/h1-28H. The molecule has 0 spiro atoms. The fourth-order valence-electron chi connectivity index (χ4n) is 8.33. The molecule has 4 heterocycles. The molecule has 6 heteroatoms. The molecule has 0 aliphatic heterocycles. The fraction of sp³-hybridized carbons (Fsp3) is 0. The van der Waals surface area contributed by atoms with Crippen LogP contribution in [-0.2, 0) is 0 Å². The predicted octanol–water partition coefficient (Wildman–Crippen LogP) is 12.9. The highest BCUT2D eigenvalue weighted by Gasteiger charge is 2.21. The van der Waals surface area contributed by atoms with Crippen molar-refractivity contribution >= 4 is 76.5 Å². The van der Waals surface area contributed by atoms with Crippen molar-refractivity contribution in [3.05, 3.63) is 170 Å². The van der Waals surface area contributed by atoms with Crippen molar-refractivity contribution in [2.75, 3.05) is 0 Å². The van der Waals surface area contributed by atoms with Gasteiger partial charge in [0.2, 0.25) is 0 Å². The Morgan fingerprint density at radius 3 is 1.93 bits per heavy atom. The van der Waals surface area contributed by atoms with Gasteiger partial charge >= 0.3 is 0 Å². The molecule has 0 aliphatic rings. The first-order valence-corrected chi connectivity index (χ1v) is 18.4. The second kappa shape index (κ2) is 11.5. The average Bonchev–Trinajstić information content (AvgIpc) is 3.92. The van der Waals surface area contributed by atoms with E-state index in [2.05, 4.69) is 102 Å². The minimum atomic E-state index is 0.538. The lowest BCUT2D eigenvalue weighted by atomic mass is 10.0. The van der Waals surface area contributed by atoms with E-state index in [1.165, 1.54) is 21.5 Å². The molecule has 55 heavy (non-hydrogen) atoms. The highest BCUT2D eigenvalue weighted by molar-refractivity contribution is 6.16. The minimum absolute atomic E-state index is 0.538. The highest BCUT2D eigenvalue weighted by atomic mass is 16.3. The second-order valence-electron chi connectivity index (χ2n) is 14.0. The van der Waals surface area contributed by atoms with Crippen LogP contribution >= 0.6 is 0 Å². The van der Waals surface area contributed by atoms with Crippen LogP contribution in [0, 0.1) is 0 Å². The zero-order valence-electron chi connectivity index (χ0n) is 29.3. The van der Waals surface area contributed by atoms with Crippen molar-refractivity contribution in [3.8, 4) is 39.9 Å². The van der Waals surface area contributed by atoms with Gasteiger partial charge in [0.25, 0.3) is 0 Å². The maximum absolute atomic E-state index is 6.55. The smallest absolute Gasteiger partial charge is 0.167 e. The van der Waals surface area contributed by atoms with E-state index in [4.69, 9.17) is 23.8 Å². The van der Waals surface area contributed by atoms with Crippen molar-refractivity contribution in [1.82, 2.24) is 19.5 Å². The third-order valence-corrected chi connectivity index (χ3v) is 10.8. The number of hydrogen-bond acceptors (Lipinski definition) is 5. The van der Waals surface area contributed by atoms with Crippen LogP contribution in [0.15, 0.2) is 179 Å². The van der Waals surface area contributed by atoms with Crippen molar-refractivity contribution in [2.24, 2.45) is 0 Å². The first-order chi connectivity index (χ1) is 27.2. The van der Waals surface area contributed by atoms with Gasteiger partial charge in [0.1, 0.15) is 22.3 Å². The van der Waals surface area contributed by atoms with Gasteiger partial charge in [0.05, 0.1) is 16.6 Å². The van der Waals surface area contributed by atoms with Crippen LogP contribution in [-0.4, -0.2) is 19.5 Å². The Morgan fingerprint density at radius 1 is 0.382 bits per heavy atom. The van der Waals surface area contributed by atoms with Gasteiger partial charge in [-0.05, 0) is 65.4 Å². The lowest BCUT2D eigenvalue weighted by molar-refractivity contribution is 0.668. The van der Waals surface area contributed by atoms with Crippen molar-refractivity contribution in [1.29, 1.82) is 0 Å². The van der Waals surface area contributed by atoms with Crippen molar-refractivity contribution < 1.29 is 8.83 Å². The van der Waals surface area contributed by atoms with Crippen molar-refractivity contribution in [2.45, 2.75) is 0 Å². The third kappa shape index (κ3) is 4.52. The normalized spacial score (nSPS) is 12.0. The molecule has 0 fully saturated rings. The van der Waals surface area contributed by atoms with Gasteiger partial charge in [-0.2, -0.15) is 0 Å². The van der Waals surface area contributed by atoms with Crippen LogP contribution in [0.1, 0.15) is 0 Å². The highest BCUT2D eigenvalue weighted by Crippen LogP contribution is 2.41. The van der Waals surface area contributed by atoms with Crippen LogP contribution in [0.2, 0.25) is 0 Å². The van der Waals surface area contributed by atoms with Gasteiger partial charge in [-0.25, -0.2) is 15.0 Å². The number of furan rings is 2. The summed E-state index contributed by atoms with van der Waals surface area (Å²) in [4.78, 5) is 15.4. The van der Waals surface area contributed by atoms with Crippen molar-refractivity contribution in [3.63, 3.8) is 0 Å². The SMILES string of the molecule is c1ccc(-c2nc(-c3cccc4c3oc3ccccc34)nc(-c3cccc4oc5ccc(-n6c7ccccc7c7cc8ccccc8cc76)cc5c34)n2)cc1. The molecule has 0 atom stereocenters. The number of hydrogen-bond donors (Lipinski definition) is 0. The molecule has 4 aromatic heterocycles. The second-order valence-corrected chi connectivity index (χ2v) is 14.0. The molecule has 12 rings (SSSR count). The first kappa shape index (κ1) is 29.9. The van der Waals surface area contributed by atoms with E-state index in [1.807, 2.05) is 72.8 Å². The number of benzene rings is 8. The van der Waals surface area contributed by atoms with E-state index < -0.39 is 0 Å². The maximum Gasteiger partial charge on any atom is 0.167 e.